The smallest absolute Gasteiger partial charge is 0.246 e. The summed E-state index contributed by atoms with van der Waals surface area (Å²) in [6.45, 7) is 1.31. The molecule has 3 fully saturated rings. The summed E-state index contributed by atoms with van der Waals surface area (Å²) >= 11 is 1.61. The fraction of sp³-hybridized carbons (Fsp3) is 0.739. The normalized spacial score (nSPS) is 24.5. The first-order chi connectivity index (χ1) is 14.2. The van der Waals surface area contributed by atoms with E-state index in [-0.39, 0.29) is 24.0 Å². The van der Waals surface area contributed by atoms with E-state index < -0.39 is 5.54 Å². The van der Waals surface area contributed by atoms with Crippen molar-refractivity contribution in [2.45, 2.75) is 94.7 Å². The molecule has 5 nitrogen and oxygen atoms in total. The van der Waals surface area contributed by atoms with Crippen LogP contribution in [-0.2, 0) is 20.7 Å². The van der Waals surface area contributed by atoms with Crippen molar-refractivity contribution in [2.24, 2.45) is 0 Å². The molecule has 6 heteroatoms. The molecule has 0 bridgehead atoms. The van der Waals surface area contributed by atoms with Crippen molar-refractivity contribution in [1.29, 1.82) is 0 Å². The second-order valence-electron chi connectivity index (χ2n) is 8.94. The number of ether oxygens (including phenoxy) is 1. The molecule has 1 aromatic rings. The maximum Gasteiger partial charge on any atom is 0.246 e. The van der Waals surface area contributed by atoms with E-state index in [1.54, 1.807) is 11.3 Å². The average molecular weight is 419 g/mol. The van der Waals surface area contributed by atoms with Crippen LogP contribution >= 0.6 is 11.3 Å². The van der Waals surface area contributed by atoms with Gasteiger partial charge in [-0.15, -0.1) is 11.3 Å². The Morgan fingerprint density at radius 2 is 1.90 bits per heavy atom. The van der Waals surface area contributed by atoms with E-state index in [0.717, 1.165) is 69.3 Å². The summed E-state index contributed by atoms with van der Waals surface area (Å²) in [7, 11) is 0. The molecule has 2 aliphatic carbocycles. The SMILES string of the molecule is O=C(Cc1cccs1)N(C[C@@H]1CCCO1)C1(C(=O)NC2CCCC2)CCCCC1. The van der Waals surface area contributed by atoms with Crippen LogP contribution in [0.25, 0.3) is 0 Å². The minimum atomic E-state index is -0.707. The van der Waals surface area contributed by atoms with E-state index in [9.17, 15) is 9.59 Å². The van der Waals surface area contributed by atoms with Gasteiger partial charge in [-0.3, -0.25) is 9.59 Å². The van der Waals surface area contributed by atoms with Crippen LogP contribution in [0.1, 0.15) is 75.5 Å². The van der Waals surface area contributed by atoms with Crippen LogP contribution in [0.3, 0.4) is 0 Å². The van der Waals surface area contributed by atoms with Crippen molar-refractivity contribution in [1.82, 2.24) is 10.2 Å². The first kappa shape index (κ1) is 20.9. The Kier molecular flexibility index (Phi) is 6.91. The molecule has 0 radical (unpaired) electrons. The van der Waals surface area contributed by atoms with Crippen molar-refractivity contribution in [3.8, 4) is 0 Å². The van der Waals surface area contributed by atoms with Crippen molar-refractivity contribution in [2.75, 3.05) is 13.2 Å². The Morgan fingerprint density at radius 1 is 1.10 bits per heavy atom. The first-order valence-corrected chi connectivity index (χ1v) is 12.3. The van der Waals surface area contributed by atoms with Gasteiger partial charge in [-0.1, -0.05) is 38.2 Å². The summed E-state index contributed by atoms with van der Waals surface area (Å²) in [6.07, 6.45) is 11.7. The molecule has 0 aromatic carbocycles. The van der Waals surface area contributed by atoms with Gasteiger partial charge < -0.3 is 15.0 Å². The van der Waals surface area contributed by atoms with E-state index in [2.05, 4.69) is 5.32 Å². The molecule has 1 N–H and O–H groups in total. The first-order valence-electron chi connectivity index (χ1n) is 11.4. The lowest BCUT2D eigenvalue weighted by Gasteiger charge is -2.46. The Balaban J connectivity index is 1.58. The average Bonchev–Trinajstić information content (AvgIpc) is 3.50. The highest BCUT2D eigenvalue weighted by Crippen LogP contribution is 2.36. The predicted octanol–water partition coefficient (Wildman–Crippen LogP) is 4.06. The lowest BCUT2D eigenvalue weighted by atomic mass is 9.78. The summed E-state index contributed by atoms with van der Waals surface area (Å²) in [5.74, 6) is 0.160. The van der Waals surface area contributed by atoms with Crippen LogP contribution in [0.2, 0.25) is 0 Å². The van der Waals surface area contributed by atoms with Crippen LogP contribution in [0, 0.1) is 0 Å². The van der Waals surface area contributed by atoms with Gasteiger partial charge in [0.05, 0.1) is 12.5 Å². The number of hydrogen-bond donors (Lipinski definition) is 1. The molecule has 1 aliphatic heterocycles. The van der Waals surface area contributed by atoms with Crippen LogP contribution in [0.4, 0.5) is 0 Å². The van der Waals surface area contributed by atoms with E-state index in [4.69, 9.17) is 4.74 Å². The van der Waals surface area contributed by atoms with E-state index in [1.165, 1.54) is 12.8 Å². The van der Waals surface area contributed by atoms with Gasteiger partial charge >= 0.3 is 0 Å². The van der Waals surface area contributed by atoms with E-state index in [1.807, 2.05) is 22.4 Å². The third-order valence-electron chi connectivity index (χ3n) is 6.93. The van der Waals surface area contributed by atoms with Crippen LogP contribution in [-0.4, -0.2) is 47.6 Å². The van der Waals surface area contributed by atoms with Crippen molar-refractivity contribution < 1.29 is 14.3 Å². The highest BCUT2D eigenvalue weighted by molar-refractivity contribution is 7.10. The zero-order chi connectivity index (χ0) is 20.1. The number of carbonyl (C=O) groups excluding carboxylic acids is 2. The molecule has 2 heterocycles. The van der Waals surface area contributed by atoms with Gasteiger partial charge in [0.1, 0.15) is 5.54 Å². The van der Waals surface area contributed by atoms with Gasteiger partial charge in [-0.05, 0) is 50.0 Å². The fourth-order valence-electron chi connectivity index (χ4n) is 5.31. The lowest BCUT2D eigenvalue weighted by molar-refractivity contribution is -0.152. The molecule has 29 heavy (non-hydrogen) atoms. The lowest BCUT2D eigenvalue weighted by Crippen LogP contribution is -2.64. The second kappa shape index (κ2) is 9.61. The molecular formula is C23H34N2O3S. The monoisotopic (exact) mass is 418 g/mol. The van der Waals surface area contributed by atoms with Gasteiger partial charge in [0.2, 0.25) is 11.8 Å². The van der Waals surface area contributed by atoms with Crippen LogP contribution < -0.4 is 5.32 Å². The third kappa shape index (κ3) is 4.85. The molecule has 2 saturated carbocycles. The molecule has 1 saturated heterocycles. The Morgan fingerprint density at radius 3 is 2.55 bits per heavy atom. The summed E-state index contributed by atoms with van der Waals surface area (Å²) < 4.78 is 5.89. The summed E-state index contributed by atoms with van der Waals surface area (Å²) in [5, 5.41) is 5.35. The molecule has 1 aromatic heterocycles. The second-order valence-corrected chi connectivity index (χ2v) is 9.97. The number of nitrogens with one attached hydrogen (secondary N) is 1. The molecule has 3 aliphatic rings. The summed E-state index contributed by atoms with van der Waals surface area (Å²) in [5.41, 5.74) is -0.707. The highest BCUT2D eigenvalue weighted by atomic mass is 32.1. The topological polar surface area (TPSA) is 58.6 Å². The fourth-order valence-corrected chi connectivity index (χ4v) is 6.01. The molecular weight excluding hydrogens is 384 g/mol. The maximum atomic E-state index is 13.7. The minimum absolute atomic E-state index is 0.0559. The van der Waals surface area contributed by atoms with Gasteiger partial charge in [-0.2, -0.15) is 0 Å². The predicted molar refractivity (Wildman–Crippen MR) is 115 cm³/mol. The summed E-state index contributed by atoms with van der Waals surface area (Å²) in [6, 6.07) is 4.28. The van der Waals surface area contributed by atoms with Crippen LogP contribution in [0.15, 0.2) is 17.5 Å². The molecule has 160 valence electrons. The third-order valence-corrected chi connectivity index (χ3v) is 7.80. The molecule has 0 unspecified atom stereocenters. The maximum absolute atomic E-state index is 13.7. The van der Waals surface area contributed by atoms with Gasteiger partial charge in [-0.25, -0.2) is 0 Å². The van der Waals surface area contributed by atoms with E-state index >= 15 is 0 Å². The highest BCUT2D eigenvalue weighted by Gasteiger charge is 2.48. The Bertz CT molecular complexity index is 672. The zero-order valence-corrected chi connectivity index (χ0v) is 18.2. The molecule has 0 spiro atoms. The number of hydrogen-bond acceptors (Lipinski definition) is 4. The zero-order valence-electron chi connectivity index (χ0n) is 17.4. The van der Waals surface area contributed by atoms with Gasteiger partial charge in [0.25, 0.3) is 0 Å². The molecule has 1 atom stereocenters. The quantitative estimate of drug-likeness (QED) is 0.726. The van der Waals surface area contributed by atoms with Crippen molar-refractivity contribution in [3.05, 3.63) is 22.4 Å². The van der Waals surface area contributed by atoms with Crippen molar-refractivity contribution in [3.63, 3.8) is 0 Å². The Labute approximate surface area is 178 Å². The number of thiophene rings is 1. The minimum Gasteiger partial charge on any atom is -0.376 e. The number of nitrogens with zero attached hydrogens (tertiary/aromatic N) is 1. The Hall–Kier alpha value is -1.40. The van der Waals surface area contributed by atoms with E-state index in [0.29, 0.717) is 13.0 Å². The largest absolute Gasteiger partial charge is 0.376 e. The number of carbonyl (C=O) groups is 2. The van der Waals surface area contributed by atoms with Gasteiger partial charge in [0.15, 0.2) is 0 Å². The standard InChI is InChI=1S/C23H34N2O3S/c26-21(16-20-11-7-15-29-20)25(17-19-10-6-14-28-19)23(12-4-1-5-13-23)22(27)24-18-8-2-3-9-18/h7,11,15,18-19H,1-6,8-10,12-14,16-17H2,(H,24,27)/t19-/m0/s1. The van der Waals surface area contributed by atoms with Gasteiger partial charge in [0, 0.05) is 24.1 Å². The molecule has 2 amide bonds. The number of rotatable bonds is 7. The van der Waals surface area contributed by atoms with Crippen LogP contribution in [0.5, 0.6) is 0 Å². The molecule has 4 rings (SSSR count). The van der Waals surface area contributed by atoms with Crippen molar-refractivity contribution >= 4 is 23.2 Å². The number of amides is 2. The summed E-state index contributed by atoms with van der Waals surface area (Å²) in [4.78, 5) is 30.2.